The fraction of sp³-hybridized carbons (Fsp3) is 0.786. The summed E-state index contributed by atoms with van der Waals surface area (Å²) in [5.74, 6) is 0. The molecule has 2 heterocycles. The van der Waals surface area contributed by atoms with Crippen LogP contribution in [0.25, 0.3) is 0 Å². The molecule has 1 atom stereocenters. The van der Waals surface area contributed by atoms with E-state index in [1.165, 1.54) is 12.1 Å². The summed E-state index contributed by atoms with van der Waals surface area (Å²) < 4.78 is 7.60. The van der Waals surface area contributed by atoms with Gasteiger partial charge >= 0.3 is 0 Å². The molecule has 0 saturated carbocycles. The van der Waals surface area contributed by atoms with Crippen LogP contribution in [-0.2, 0) is 18.3 Å². The first-order valence-corrected chi connectivity index (χ1v) is 7.22. The summed E-state index contributed by atoms with van der Waals surface area (Å²) >= 11 is 0. The van der Waals surface area contributed by atoms with Gasteiger partial charge in [-0.05, 0) is 26.0 Å². The fourth-order valence-electron chi connectivity index (χ4n) is 2.55. The number of hydrogen-bond donors (Lipinski definition) is 1. The molecule has 19 heavy (non-hydrogen) atoms. The van der Waals surface area contributed by atoms with Crippen molar-refractivity contribution in [1.29, 1.82) is 0 Å². The third-order valence-corrected chi connectivity index (χ3v) is 3.62. The highest BCUT2D eigenvalue weighted by molar-refractivity contribution is 5.08. The lowest BCUT2D eigenvalue weighted by atomic mass is 10.2. The maximum Gasteiger partial charge on any atom is 0.0635 e. The zero-order valence-corrected chi connectivity index (χ0v) is 12.4. The molecule has 1 aromatic rings. The third kappa shape index (κ3) is 4.03. The van der Waals surface area contributed by atoms with E-state index in [1.54, 1.807) is 0 Å². The average molecular weight is 266 g/mol. The third-order valence-electron chi connectivity index (χ3n) is 3.62. The molecule has 108 valence electrons. The molecular weight excluding hydrogens is 240 g/mol. The van der Waals surface area contributed by atoms with Crippen molar-refractivity contribution in [3.63, 3.8) is 0 Å². The van der Waals surface area contributed by atoms with Gasteiger partial charge in [0.2, 0.25) is 0 Å². The summed E-state index contributed by atoms with van der Waals surface area (Å²) in [6.07, 6.45) is 1.18. The van der Waals surface area contributed by atoms with Gasteiger partial charge in [-0.2, -0.15) is 5.10 Å². The van der Waals surface area contributed by atoms with Gasteiger partial charge in [-0.3, -0.25) is 9.58 Å². The van der Waals surface area contributed by atoms with E-state index < -0.39 is 0 Å². The second kappa shape index (κ2) is 7.03. The highest BCUT2D eigenvalue weighted by Gasteiger charge is 2.23. The molecule has 0 amide bonds. The lowest BCUT2D eigenvalue weighted by Crippen LogP contribution is -2.50. The second-order valence-corrected chi connectivity index (χ2v) is 5.30. The van der Waals surface area contributed by atoms with Crippen LogP contribution in [0.4, 0.5) is 0 Å². The summed E-state index contributed by atoms with van der Waals surface area (Å²) in [7, 11) is 2.02. The molecule has 1 aliphatic heterocycles. The number of ether oxygens (including phenoxy) is 1. The van der Waals surface area contributed by atoms with Gasteiger partial charge in [-0.25, -0.2) is 0 Å². The van der Waals surface area contributed by atoms with Crippen molar-refractivity contribution in [3.05, 3.63) is 17.5 Å². The van der Waals surface area contributed by atoms with E-state index in [0.29, 0.717) is 6.04 Å². The van der Waals surface area contributed by atoms with Gasteiger partial charge < -0.3 is 10.1 Å². The zero-order valence-electron chi connectivity index (χ0n) is 12.4. The van der Waals surface area contributed by atoms with Crippen molar-refractivity contribution in [1.82, 2.24) is 20.0 Å². The monoisotopic (exact) mass is 266 g/mol. The van der Waals surface area contributed by atoms with Crippen molar-refractivity contribution in [2.24, 2.45) is 7.05 Å². The number of hydrogen-bond acceptors (Lipinski definition) is 4. The average Bonchev–Trinajstić information content (AvgIpc) is 2.70. The minimum Gasteiger partial charge on any atom is -0.378 e. The van der Waals surface area contributed by atoms with Crippen molar-refractivity contribution in [2.75, 3.05) is 32.8 Å². The fourth-order valence-corrected chi connectivity index (χ4v) is 2.55. The van der Waals surface area contributed by atoms with Crippen molar-refractivity contribution in [3.8, 4) is 0 Å². The van der Waals surface area contributed by atoms with Crippen LogP contribution in [0, 0.1) is 6.92 Å². The largest absolute Gasteiger partial charge is 0.378 e. The van der Waals surface area contributed by atoms with Crippen LogP contribution in [0.5, 0.6) is 0 Å². The molecule has 0 aliphatic carbocycles. The molecule has 5 heteroatoms. The van der Waals surface area contributed by atoms with Crippen LogP contribution in [0.3, 0.4) is 0 Å². The standard InChI is InChI=1S/C14H26N4O/c1-4-5-15-9-14-11-19-7-6-18(14)10-13-8-12(2)16-17(13)3/h8,14-15H,4-7,9-11H2,1-3H3. The van der Waals surface area contributed by atoms with Crippen molar-refractivity contribution in [2.45, 2.75) is 32.9 Å². The Morgan fingerprint density at radius 1 is 1.53 bits per heavy atom. The van der Waals surface area contributed by atoms with Crippen LogP contribution in [0.2, 0.25) is 0 Å². The van der Waals surface area contributed by atoms with Crippen LogP contribution in [0.15, 0.2) is 6.07 Å². The molecule has 0 aromatic carbocycles. The number of aromatic nitrogens is 2. The van der Waals surface area contributed by atoms with Gasteiger partial charge in [0.1, 0.15) is 0 Å². The maximum atomic E-state index is 5.61. The molecule has 1 saturated heterocycles. The lowest BCUT2D eigenvalue weighted by molar-refractivity contribution is -0.0118. The molecule has 1 aliphatic rings. The zero-order chi connectivity index (χ0) is 13.7. The normalized spacial score (nSPS) is 20.9. The van der Waals surface area contributed by atoms with Gasteiger partial charge in [0.25, 0.3) is 0 Å². The second-order valence-electron chi connectivity index (χ2n) is 5.30. The molecule has 2 rings (SSSR count). The van der Waals surface area contributed by atoms with Crippen LogP contribution in [-0.4, -0.2) is 53.6 Å². The van der Waals surface area contributed by atoms with Gasteiger partial charge in [0.05, 0.1) is 24.6 Å². The highest BCUT2D eigenvalue weighted by Crippen LogP contribution is 2.12. The van der Waals surface area contributed by atoms with E-state index in [1.807, 2.05) is 18.7 Å². The van der Waals surface area contributed by atoms with Crippen LogP contribution >= 0.6 is 0 Å². The molecule has 5 nitrogen and oxygen atoms in total. The Labute approximate surface area is 115 Å². The minimum absolute atomic E-state index is 0.468. The first-order valence-electron chi connectivity index (χ1n) is 7.22. The Balaban J connectivity index is 1.93. The molecule has 0 bridgehead atoms. The van der Waals surface area contributed by atoms with E-state index in [9.17, 15) is 0 Å². The molecule has 1 N–H and O–H groups in total. The smallest absolute Gasteiger partial charge is 0.0635 e. The Morgan fingerprint density at radius 2 is 2.37 bits per heavy atom. The van der Waals surface area contributed by atoms with Gasteiger partial charge in [0.15, 0.2) is 0 Å². The Hall–Kier alpha value is -0.910. The Morgan fingerprint density at radius 3 is 3.05 bits per heavy atom. The Bertz CT molecular complexity index is 391. The minimum atomic E-state index is 0.468. The molecule has 1 aromatic heterocycles. The molecule has 1 unspecified atom stereocenters. The first-order chi connectivity index (χ1) is 9.20. The quantitative estimate of drug-likeness (QED) is 0.778. The summed E-state index contributed by atoms with van der Waals surface area (Å²) in [5.41, 5.74) is 2.37. The SMILES string of the molecule is CCCNCC1COCCN1Cc1cc(C)nn1C. The van der Waals surface area contributed by atoms with E-state index in [4.69, 9.17) is 4.74 Å². The molecule has 0 spiro atoms. The van der Waals surface area contributed by atoms with Gasteiger partial charge in [-0.1, -0.05) is 6.92 Å². The van der Waals surface area contributed by atoms with E-state index in [-0.39, 0.29) is 0 Å². The van der Waals surface area contributed by atoms with Crippen molar-refractivity contribution >= 4 is 0 Å². The maximum absolute atomic E-state index is 5.61. The van der Waals surface area contributed by atoms with Gasteiger partial charge in [0, 0.05) is 32.7 Å². The topological polar surface area (TPSA) is 42.3 Å². The summed E-state index contributed by atoms with van der Waals surface area (Å²) in [4.78, 5) is 2.50. The summed E-state index contributed by atoms with van der Waals surface area (Å²) in [6.45, 7) is 9.94. The van der Waals surface area contributed by atoms with E-state index in [0.717, 1.165) is 45.1 Å². The van der Waals surface area contributed by atoms with E-state index in [2.05, 4.69) is 28.3 Å². The predicted molar refractivity (Wildman–Crippen MR) is 76.1 cm³/mol. The first kappa shape index (κ1) is 14.5. The predicted octanol–water partition coefficient (Wildman–Crippen LogP) is 0.929. The number of morpholine rings is 1. The molecular formula is C14H26N4O. The van der Waals surface area contributed by atoms with Crippen LogP contribution in [0.1, 0.15) is 24.7 Å². The molecule has 0 radical (unpaired) electrons. The molecule has 1 fully saturated rings. The van der Waals surface area contributed by atoms with E-state index >= 15 is 0 Å². The lowest BCUT2D eigenvalue weighted by Gasteiger charge is -2.35. The number of rotatable bonds is 6. The van der Waals surface area contributed by atoms with Crippen molar-refractivity contribution < 1.29 is 4.74 Å². The number of nitrogens with zero attached hydrogens (tertiary/aromatic N) is 3. The van der Waals surface area contributed by atoms with Crippen LogP contribution < -0.4 is 5.32 Å². The Kier molecular flexibility index (Phi) is 5.36. The summed E-state index contributed by atoms with van der Waals surface area (Å²) in [6, 6.07) is 2.64. The summed E-state index contributed by atoms with van der Waals surface area (Å²) in [5, 5.41) is 7.92. The number of aryl methyl sites for hydroxylation is 2. The highest BCUT2D eigenvalue weighted by atomic mass is 16.5. The van der Waals surface area contributed by atoms with Gasteiger partial charge in [-0.15, -0.1) is 0 Å². The number of nitrogens with one attached hydrogen (secondary N) is 1.